The first-order chi connectivity index (χ1) is 12.0. The van der Waals surface area contributed by atoms with Gasteiger partial charge in [-0.2, -0.15) is 0 Å². The third-order valence-electron chi connectivity index (χ3n) is 4.20. The summed E-state index contributed by atoms with van der Waals surface area (Å²) in [5.74, 6) is -0.986. The first-order valence-electron chi connectivity index (χ1n) is 7.61. The van der Waals surface area contributed by atoms with Gasteiger partial charge >= 0.3 is 0 Å². The normalized spacial score (nSPS) is 12.7. The highest BCUT2D eigenvalue weighted by Crippen LogP contribution is 2.39. The van der Waals surface area contributed by atoms with Crippen LogP contribution in [0.5, 0.6) is 0 Å². The predicted octanol–water partition coefficient (Wildman–Crippen LogP) is 4.58. The molecule has 3 aromatic rings. The summed E-state index contributed by atoms with van der Waals surface area (Å²) in [4.78, 5) is 37.9. The summed E-state index contributed by atoms with van der Waals surface area (Å²) in [7, 11) is 0. The van der Waals surface area contributed by atoms with Crippen molar-refractivity contribution in [2.75, 3.05) is 0 Å². The lowest BCUT2D eigenvalue weighted by molar-refractivity contribution is 0.0960. The van der Waals surface area contributed by atoms with Gasteiger partial charge in [-0.3, -0.25) is 14.4 Å². The van der Waals surface area contributed by atoms with Crippen molar-refractivity contribution in [2.45, 2.75) is 6.92 Å². The molecule has 1 aliphatic rings. The Kier molecular flexibility index (Phi) is 3.44. The van der Waals surface area contributed by atoms with Crippen molar-refractivity contribution in [3.63, 3.8) is 0 Å². The van der Waals surface area contributed by atoms with E-state index >= 15 is 0 Å². The smallest absolute Gasteiger partial charge is 0.198 e. The largest absolute Gasteiger partial charge is 0.451 e. The van der Waals surface area contributed by atoms with Crippen molar-refractivity contribution < 1.29 is 18.8 Å². The van der Waals surface area contributed by atoms with Crippen LogP contribution >= 0.6 is 11.6 Å². The van der Waals surface area contributed by atoms with Crippen molar-refractivity contribution in [3.05, 3.63) is 81.6 Å². The van der Waals surface area contributed by atoms with Gasteiger partial charge in [0.15, 0.2) is 23.1 Å². The molecule has 0 atom stereocenters. The number of Topliss-reactive ketones (excluding diaryl/α,β-unsaturated/α-hetero) is 1. The second-order valence-corrected chi connectivity index (χ2v) is 6.21. The molecule has 1 heterocycles. The average Bonchev–Trinajstić information content (AvgIpc) is 3.01. The highest BCUT2D eigenvalue weighted by molar-refractivity contribution is 6.32. The molecule has 0 aliphatic heterocycles. The van der Waals surface area contributed by atoms with Crippen LogP contribution in [0.4, 0.5) is 0 Å². The summed E-state index contributed by atoms with van der Waals surface area (Å²) >= 11 is 5.91. The van der Waals surface area contributed by atoms with E-state index in [0.29, 0.717) is 16.1 Å². The van der Waals surface area contributed by atoms with Crippen molar-refractivity contribution >= 4 is 29.0 Å². The van der Waals surface area contributed by atoms with Crippen LogP contribution in [-0.2, 0) is 0 Å². The number of ketones is 3. The van der Waals surface area contributed by atoms with E-state index in [1.165, 1.54) is 6.92 Å². The van der Waals surface area contributed by atoms with Gasteiger partial charge in [0.1, 0.15) is 5.76 Å². The minimum atomic E-state index is -0.406. The van der Waals surface area contributed by atoms with Crippen LogP contribution in [0.15, 0.2) is 52.9 Å². The Labute approximate surface area is 148 Å². The van der Waals surface area contributed by atoms with Gasteiger partial charge in [0.25, 0.3) is 0 Å². The molecule has 0 amide bonds. The second kappa shape index (κ2) is 5.53. The first kappa shape index (κ1) is 15.5. The maximum atomic E-state index is 13.0. The quantitative estimate of drug-likeness (QED) is 0.496. The van der Waals surface area contributed by atoms with Crippen molar-refractivity contribution in [3.8, 4) is 11.3 Å². The summed E-state index contributed by atoms with van der Waals surface area (Å²) in [6.45, 7) is 1.31. The Hall–Kier alpha value is -2.98. The second-order valence-electron chi connectivity index (χ2n) is 5.78. The molecule has 122 valence electrons. The van der Waals surface area contributed by atoms with E-state index in [1.54, 1.807) is 48.5 Å². The molecule has 25 heavy (non-hydrogen) atoms. The van der Waals surface area contributed by atoms with Gasteiger partial charge in [-0.15, -0.1) is 0 Å². The van der Waals surface area contributed by atoms with Gasteiger partial charge in [-0.25, -0.2) is 0 Å². The van der Waals surface area contributed by atoms with E-state index in [1.807, 2.05) is 0 Å². The van der Waals surface area contributed by atoms with Crippen LogP contribution in [0.25, 0.3) is 11.3 Å². The fourth-order valence-corrected chi connectivity index (χ4v) is 3.19. The zero-order valence-corrected chi connectivity index (χ0v) is 13.9. The van der Waals surface area contributed by atoms with E-state index in [2.05, 4.69) is 0 Å². The van der Waals surface area contributed by atoms with Gasteiger partial charge < -0.3 is 4.42 Å². The molecule has 1 aromatic heterocycles. The minimum Gasteiger partial charge on any atom is -0.451 e. The molecule has 0 saturated carbocycles. The van der Waals surface area contributed by atoms with E-state index < -0.39 is 5.78 Å². The maximum absolute atomic E-state index is 13.0. The molecule has 4 nitrogen and oxygen atoms in total. The standard InChI is InChI=1S/C20H11ClO4/c1-10(22)19-15-16(20(25-19)11-6-8-12(21)9-7-11)18(24)14-5-3-2-4-13(14)17(15)23/h2-9H,1H3. The van der Waals surface area contributed by atoms with Crippen LogP contribution in [-0.4, -0.2) is 17.3 Å². The number of rotatable bonds is 2. The molecule has 0 saturated heterocycles. The molecule has 0 unspecified atom stereocenters. The van der Waals surface area contributed by atoms with Gasteiger partial charge in [0.2, 0.25) is 0 Å². The fourth-order valence-electron chi connectivity index (χ4n) is 3.07. The lowest BCUT2D eigenvalue weighted by atomic mass is 9.83. The van der Waals surface area contributed by atoms with Crippen molar-refractivity contribution in [2.24, 2.45) is 0 Å². The van der Waals surface area contributed by atoms with Crippen LogP contribution in [0.1, 0.15) is 49.3 Å². The van der Waals surface area contributed by atoms with E-state index in [4.69, 9.17) is 16.0 Å². The Morgan fingerprint density at radius 1 is 0.880 bits per heavy atom. The molecule has 0 N–H and O–H groups in total. The summed E-state index contributed by atoms with van der Waals surface area (Å²) < 4.78 is 5.69. The van der Waals surface area contributed by atoms with Gasteiger partial charge in [0, 0.05) is 28.6 Å². The molecule has 0 bridgehead atoms. The topological polar surface area (TPSA) is 64.3 Å². The van der Waals surface area contributed by atoms with Gasteiger partial charge in [-0.05, 0) is 24.3 Å². The van der Waals surface area contributed by atoms with E-state index in [9.17, 15) is 14.4 Å². The predicted molar refractivity (Wildman–Crippen MR) is 92.5 cm³/mol. The number of hydrogen-bond donors (Lipinski definition) is 0. The van der Waals surface area contributed by atoms with Crippen molar-refractivity contribution in [1.29, 1.82) is 0 Å². The molecule has 4 rings (SSSR count). The molecule has 1 aliphatic carbocycles. The summed E-state index contributed by atoms with van der Waals surface area (Å²) in [6.07, 6.45) is 0. The number of halogens is 1. The SMILES string of the molecule is CC(=O)c1oc(-c2ccc(Cl)cc2)c2c1C(=O)c1ccccc1C2=O. The molecule has 0 radical (unpaired) electrons. The van der Waals surface area contributed by atoms with Crippen LogP contribution in [0.2, 0.25) is 5.02 Å². The maximum Gasteiger partial charge on any atom is 0.198 e. The molecule has 0 spiro atoms. The Bertz CT molecular complexity index is 1060. The average molecular weight is 351 g/mol. The Balaban J connectivity index is 2.04. The summed E-state index contributed by atoms with van der Waals surface area (Å²) in [5.41, 5.74) is 1.35. The van der Waals surface area contributed by atoms with E-state index in [-0.39, 0.29) is 39.8 Å². The number of carbonyl (C=O) groups is 3. The lowest BCUT2D eigenvalue weighted by Gasteiger charge is -2.14. The van der Waals surface area contributed by atoms with Crippen LogP contribution in [0.3, 0.4) is 0 Å². The first-order valence-corrected chi connectivity index (χ1v) is 7.99. The lowest BCUT2D eigenvalue weighted by Crippen LogP contribution is -2.21. The third-order valence-corrected chi connectivity index (χ3v) is 4.46. The Morgan fingerprint density at radius 3 is 2.00 bits per heavy atom. The number of carbonyl (C=O) groups excluding carboxylic acids is 3. The van der Waals surface area contributed by atoms with E-state index in [0.717, 1.165) is 0 Å². The van der Waals surface area contributed by atoms with Gasteiger partial charge in [0.05, 0.1) is 11.1 Å². The highest BCUT2D eigenvalue weighted by atomic mass is 35.5. The molecular weight excluding hydrogens is 340 g/mol. The van der Waals surface area contributed by atoms with Crippen LogP contribution in [0, 0.1) is 0 Å². The number of benzene rings is 2. The van der Waals surface area contributed by atoms with Crippen LogP contribution < -0.4 is 0 Å². The molecular formula is C20H11ClO4. The number of fused-ring (bicyclic) bond motifs is 2. The van der Waals surface area contributed by atoms with Gasteiger partial charge in [-0.1, -0.05) is 35.9 Å². The molecule has 0 fully saturated rings. The fraction of sp³-hybridized carbons (Fsp3) is 0.0500. The summed E-state index contributed by atoms with van der Waals surface area (Å²) in [5, 5.41) is 0.531. The zero-order valence-electron chi connectivity index (χ0n) is 13.1. The molecule has 2 aromatic carbocycles. The number of furan rings is 1. The zero-order chi connectivity index (χ0) is 17.7. The number of hydrogen-bond acceptors (Lipinski definition) is 4. The third kappa shape index (κ3) is 2.26. The highest BCUT2D eigenvalue weighted by Gasteiger charge is 2.38. The Morgan fingerprint density at radius 2 is 1.44 bits per heavy atom. The van der Waals surface area contributed by atoms with Crippen molar-refractivity contribution in [1.82, 2.24) is 0 Å². The minimum absolute atomic E-state index is 0.0427. The summed E-state index contributed by atoms with van der Waals surface area (Å²) in [6, 6.07) is 13.2. The molecule has 5 heteroatoms. The monoisotopic (exact) mass is 350 g/mol.